The maximum absolute atomic E-state index is 11.5. The molecule has 0 radical (unpaired) electrons. The Bertz CT molecular complexity index is 1500. The zero-order valence-corrected chi connectivity index (χ0v) is 18.1. The highest BCUT2D eigenvalue weighted by atomic mass is 16.4. The molecule has 2 heterocycles. The van der Waals surface area contributed by atoms with Crippen LogP contribution in [0.15, 0.2) is 60.7 Å². The summed E-state index contributed by atoms with van der Waals surface area (Å²) in [7, 11) is 0. The van der Waals surface area contributed by atoms with Crippen molar-refractivity contribution in [3.05, 3.63) is 66.2 Å². The first kappa shape index (κ1) is 19.1. The van der Waals surface area contributed by atoms with Crippen molar-refractivity contribution in [1.82, 2.24) is 14.1 Å². The molecular formula is C27H25N3O2. The van der Waals surface area contributed by atoms with E-state index in [0.29, 0.717) is 0 Å². The van der Waals surface area contributed by atoms with Crippen molar-refractivity contribution >= 4 is 38.8 Å². The summed E-state index contributed by atoms with van der Waals surface area (Å²) >= 11 is 0. The molecule has 1 N–H and O–H groups in total. The van der Waals surface area contributed by atoms with Crippen molar-refractivity contribution in [3.63, 3.8) is 0 Å². The molecule has 32 heavy (non-hydrogen) atoms. The number of hydrogen-bond acceptors (Lipinski definition) is 2. The third-order valence-corrected chi connectivity index (χ3v) is 6.80. The van der Waals surface area contributed by atoms with Crippen molar-refractivity contribution in [3.8, 4) is 11.4 Å². The molecule has 2 aromatic heterocycles. The number of carboxylic acids is 1. The Balaban J connectivity index is 1.56. The number of imidazole rings is 1. The Morgan fingerprint density at radius 1 is 0.969 bits per heavy atom. The topological polar surface area (TPSA) is 60.1 Å². The van der Waals surface area contributed by atoms with E-state index in [1.165, 1.54) is 34.6 Å². The lowest BCUT2D eigenvalue weighted by Crippen LogP contribution is -2.02. The van der Waals surface area contributed by atoms with Crippen LogP contribution in [0.1, 0.15) is 36.5 Å². The highest BCUT2D eigenvalue weighted by molar-refractivity contribution is 6.09. The quantitative estimate of drug-likeness (QED) is 0.347. The largest absolute Gasteiger partial charge is 0.478 e. The number of nitrogens with zero attached hydrogens (tertiary/aromatic N) is 3. The van der Waals surface area contributed by atoms with Gasteiger partial charge in [0.1, 0.15) is 5.82 Å². The number of para-hydroxylation sites is 1. The molecule has 0 saturated heterocycles. The summed E-state index contributed by atoms with van der Waals surface area (Å²) in [6, 6.07) is 20.4. The third-order valence-electron chi connectivity index (χ3n) is 6.80. The van der Waals surface area contributed by atoms with Crippen molar-refractivity contribution < 1.29 is 9.90 Å². The minimum Gasteiger partial charge on any atom is -0.478 e. The van der Waals surface area contributed by atoms with Gasteiger partial charge in [-0.15, -0.1) is 0 Å². The average Bonchev–Trinajstić information content (AvgIpc) is 3.49. The second-order valence-corrected chi connectivity index (χ2v) is 8.82. The number of aromatic carboxylic acids is 1. The summed E-state index contributed by atoms with van der Waals surface area (Å²) in [6.07, 6.45) is 3.76. The lowest BCUT2D eigenvalue weighted by Gasteiger charge is -2.10. The molecule has 5 heteroatoms. The standard InChI is InChI=1S/C27H25N3O2/c1-2-29-23-6-4-3-5-20(23)21-15-18(9-11-24(21)29)26-28-22-16-19(27(31)32)10-12-25(22)30(26)14-13-17-7-8-17/h3-6,9-12,15-17H,2,7-8,13-14H2,1H3,(H,31,32). The first-order valence-electron chi connectivity index (χ1n) is 11.4. The average molecular weight is 424 g/mol. The number of rotatable bonds is 6. The fourth-order valence-corrected chi connectivity index (χ4v) is 4.96. The molecule has 1 fully saturated rings. The van der Waals surface area contributed by atoms with Gasteiger partial charge >= 0.3 is 5.97 Å². The normalized spacial score (nSPS) is 14.0. The summed E-state index contributed by atoms with van der Waals surface area (Å²) in [5.41, 5.74) is 5.56. The summed E-state index contributed by atoms with van der Waals surface area (Å²) < 4.78 is 4.63. The van der Waals surface area contributed by atoms with Crippen molar-refractivity contribution in [2.45, 2.75) is 39.3 Å². The Labute approximate surface area is 185 Å². The maximum Gasteiger partial charge on any atom is 0.335 e. The van der Waals surface area contributed by atoms with Gasteiger partial charge in [0, 0.05) is 40.5 Å². The predicted octanol–water partition coefficient (Wildman–Crippen LogP) is 6.33. The minimum atomic E-state index is -0.922. The molecule has 1 aliphatic carbocycles. The number of hydrogen-bond donors (Lipinski definition) is 1. The van der Waals surface area contributed by atoms with Gasteiger partial charge in [-0.25, -0.2) is 9.78 Å². The van der Waals surface area contributed by atoms with E-state index in [4.69, 9.17) is 4.98 Å². The minimum absolute atomic E-state index is 0.275. The summed E-state index contributed by atoms with van der Waals surface area (Å²) in [6.45, 7) is 4.00. The van der Waals surface area contributed by atoms with Crippen LogP contribution in [0.5, 0.6) is 0 Å². The highest BCUT2D eigenvalue weighted by Crippen LogP contribution is 2.36. The van der Waals surface area contributed by atoms with E-state index in [-0.39, 0.29) is 5.56 Å². The van der Waals surface area contributed by atoms with Gasteiger partial charge in [0.05, 0.1) is 16.6 Å². The van der Waals surface area contributed by atoms with Crippen molar-refractivity contribution in [2.75, 3.05) is 0 Å². The molecule has 0 aliphatic heterocycles. The lowest BCUT2D eigenvalue weighted by molar-refractivity contribution is 0.0697. The van der Waals surface area contributed by atoms with Crippen LogP contribution in [0.2, 0.25) is 0 Å². The molecule has 0 spiro atoms. The van der Waals surface area contributed by atoms with E-state index < -0.39 is 5.97 Å². The Morgan fingerprint density at radius 3 is 2.53 bits per heavy atom. The fraction of sp³-hybridized carbons (Fsp3) is 0.259. The molecule has 0 unspecified atom stereocenters. The second-order valence-electron chi connectivity index (χ2n) is 8.82. The van der Waals surface area contributed by atoms with E-state index in [1.807, 2.05) is 6.07 Å². The van der Waals surface area contributed by atoms with Gasteiger partial charge in [0.15, 0.2) is 0 Å². The first-order valence-corrected chi connectivity index (χ1v) is 11.4. The van der Waals surface area contributed by atoms with Crippen LogP contribution in [0.25, 0.3) is 44.2 Å². The number of benzene rings is 3. The molecule has 1 saturated carbocycles. The molecular weight excluding hydrogens is 398 g/mol. The number of fused-ring (bicyclic) bond motifs is 4. The zero-order chi connectivity index (χ0) is 21.8. The van der Waals surface area contributed by atoms with Crippen molar-refractivity contribution in [1.29, 1.82) is 0 Å². The fourth-order valence-electron chi connectivity index (χ4n) is 4.96. The molecule has 0 bridgehead atoms. The van der Waals surface area contributed by atoms with E-state index in [9.17, 15) is 9.90 Å². The SMILES string of the molecule is CCn1c2ccccc2c2cc(-c3nc4cc(C(=O)O)ccc4n3CCC3CC3)ccc21. The second kappa shape index (κ2) is 7.23. The molecule has 1 aliphatic rings. The molecule has 0 amide bonds. The monoisotopic (exact) mass is 423 g/mol. The molecule has 0 atom stereocenters. The van der Waals surface area contributed by atoms with Crippen LogP contribution in [0.4, 0.5) is 0 Å². The smallest absolute Gasteiger partial charge is 0.335 e. The Kier molecular flexibility index (Phi) is 4.32. The van der Waals surface area contributed by atoms with E-state index in [0.717, 1.165) is 47.8 Å². The zero-order valence-electron chi connectivity index (χ0n) is 18.1. The summed E-state index contributed by atoms with van der Waals surface area (Å²) in [4.78, 5) is 16.4. The molecule has 3 aromatic carbocycles. The number of carboxylic acid groups (broad SMARTS) is 1. The number of aromatic nitrogens is 3. The maximum atomic E-state index is 11.5. The molecule has 5 aromatic rings. The Morgan fingerprint density at radius 2 is 1.75 bits per heavy atom. The van der Waals surface area contributed by atoms with Gasteiger partial charge in [-0.2, -0.15) is 0 Å². The van der Waals surface area contributed by atoms with Gasteiger partial charge in [0.2, 0.25) is 0 Å². The number of carbonyl (C=O) groups is 1. The number of aryl methyl sites for hydroxylation is 2. The van der Waals surface area contributed by atoms with Gasteiger partial charge in [-0.1, -0.05) is 31.0 Å². The third kappa shape index (κ3) is 3.00. The molecule has 160 valence electrons. The van der Waals surface area contributed by atoms with Crippen LogP contribution in [-0.2, 0) is 13.1 Å². The molecule has 6 rings (SSSR count). The predicted molar refractivity (Wildman–Crippen MR) is 128 cm³/mol. The Hall–Kier alpha value is -3.60. The van der Waals surface area contributed by atoms with Crippen molar-refractivity contribution in [2.24, 2.45) is 5.92 Å². The van der Waals surface area contributed by atoms with Gasteiger partial charge in [-0.3, -0.25) is 0 Å². The van der Waals surface area contributed by atoms with Crippen LogP contribution in [-0.4, -0.2) is 25.2 Å². The van der Waals surface area contributed by atoms with Crippen LogP contribution in [0.3, 0.4) is 0 Å². The van der Waals surface area contributed by atoms with Crippen LogP contribution >= 0.6 is 0 Å². The first-order chi connectivity index (χ1) is 15.6. The van der Waals surface area contributed by atoms with Gasteiger partial charge in [0.25, 0.3) is 0 Å². The van der Waals surface area contributed by atoms with Crippen LogP contribution in [0, 0.1) is 5.92 Å². The van der Waals surface area contributed by atoms with Gasteiger partial charge in [-0.05, 0) is 61.7 Å². The van der Waals surface area contributed by atoms with E-state index in [2.05, 4.69) is 58.5 Å². The van der Waals surface area contributed by atoms with Gasteiger partial charge < -0.3 is 14.2 Å². The lowest BCUT2D eigenvalue weighted by atomic mass is 10.1. The van der Waals surface area contributed by atoms with E-state index in [1.54, 1.807) is 12.1 Å². The van der Waals surface area contributed by atoms with E-state index >= 15 is 0 Å². The summed E-state index contributed by atoms with van der Waals surface area (Å²) in [5.74, 6) is 0.803. The molecule has 5 nitrogen and oxygen atoms in total. The highest BCUT2D eigenvalue weighted by Gasteiger charge is 2.23. The summed E-state index contributed by atoms with van der Waals surface area (Å²) in [5, 5.41) is 11.9. The van der Waals surface area contributed by atoms with Crippen LogP contribution < -0.4 is 0 Å².